The van der Waals surface area contributed by atoms with Gasteiger partial charge in [0.05, 0.1) is 6.20 Å². The fourth-order valence-electron chi connectivity index (χ4n) is 0.684. The van der Waals surface area contributed by atoms with Crippen molar-refractivity contribution in [2.45, 2.75) is 0 Å². The Kier molecular flexibility index (Phi) is 0.877. The van der Waals surface area contributed by atoms with E-state index in [1.165, 1.54) is 10.7 Å². The van der Waals surface area contributed by atoms with E-state index in [2.05, 4.69) is 10.1 Å². The monoisotopic (exact) mass is 157 g/mol. The van der Waals surface area contributed by atoms with Crippen molar-refractivity contribution < 1.29 is 10.2 Å². The molecule has 0 aliphatic carbocycles. The number of aromatic nitrogens is 3. The Balaban J connectivity index is 2.90. The van der Waals surface area contributed by atoms with Gasteiger partial charge in [-0.05, 0) is 0 Å². The first kappa shape index (κ1) is 5.48. The lowest BCUT2D eigenvalue weighted by Crippen LogP contribution is -1.80. The van der Waals surface area contributed by atoms with Gasteiger partial charge in [-0.2, -0.15) is 4.52 Å². The van der Waals surface area contributed by atoms with Crippen LogP contribution in [0.1, 0.15) is 0 Å². The minimum Gasteiger partial charge on any atom is -0.485 e. The third kappa shape index (κ3) is 0.561. The molecule has 6 heteroatoms. The first-order valence-corrected chi connectivity index (χ1v) is 3.31. The molecule has 0 bridgehead atoms. The molecule has 5 nitrogen and oxygen atoms in total. The highest BCUT2D eigenvalue weighted by Crippen LogP contribution is 2.22. The van der Waals surface area contributed by atoms with Gasteiger partial charge in [0.2, 0.25) is 0 Å². The first-order valence-electron chi connectivity index (χ1n) is 2.50. The van der Waals surface area contributed by atoms with E-state index in [0.29, 0.717) is 4.83 Å². The molecule has 0 radical (unpaired) electrons. The average molecular weight is 157 g/mol. The molecule has 0 saturated carbocycles. The van der Waals surface area contributed by atoms with E-state index in [-0.39, 0.29) is 11.2 Å². The van der Waals surface area contributed by atoms with Crippen LogP contribution in [0.15, 0.2) is 6.20 Å². The predicted octanol–water partition coefficient (Wildman–Crippen LogP) is 0.202. The third-order valence-electron chi connectivity index (χ3n) is 1.07. The lowest BCUT2D eigenvalue weighted by molar-refractivity contribution is 0.408. The summed E-state index contributed by atoms with van der Waals surface area (Å²) in [6.07, 6.45) is 1.44. The van der Waals surface area contributed by atoms with Gasteiger partial charge in [-0.3, -0.25) is 0 Å². The number of imidazole rings is 1. The van der Waals surface area contributed by atoms with Gasteiger partial charge < -0.3 is 10.2 Å². The van der Waals surface area contributed by atoms with Crippen molar-refractivity contribution in [1.29, 1.82) is 0 Å². The molecule has 0 amide bonds. The molecule has 0 atom stereocenters. The van der Waals surface area contributed by atoms with Crippen molar-refractivity contribution in [2.24, 2.45) is 0 Å². The molecule has 0 aliphatic rings. The van der Waals surface area contributed by atoms with Gasteiger partial charge in [0.15, 0.2) is 0 Å². The molecule has 0 aliphatic heterocycles. The smallest absolute Gasteiger partial charge is 0.316 e. The zero-order valence-corrected chi connectivity index (χ0v) is 5.54. The summed E-state index contributed by atoms with van der Waals surface area (Å²) in [6, 6.07) is -0.202. The second kappa shape index (κ2) is 1.60. The van der Waals surface area contributed by atoms with Gasteiger partial charge >= 0.3 is 6.01 Å². The maximum Gasteiger partial charge on any atom is 0.316 e. The van der Waals surface area contributed by atoms with Crippen LogP contribution in [0.3, 0.4) is 0 Å². The van der Waals surface area contributed by atoms with E-state index in [1.807, 2.05) is 0 Å². The third-order valence-corrected chi connectivity index (χ3v) is 1.82. The van der Waals surface area contributed by atoms with Crippen LogP contribution in [0.2, 0.25) is 0 Å². The van der Waals surface area contributed by atoms with Crippen LogP contribution in [-0.4, -0.2) is 24.8 Å². The summed E-state index contributed by atoms with van der Waals surface area (Å²) in [5.74, 6) is 0. The quantitative estimate of drug-likeness (QED) is 0.573. The normalized spacial score (nSPS) is 10.8. The minimum atomic E-state index is -0.202. The number of fused-ring (bicyclic) bond motifs is 1. The molecule has 2 aromatic heterocycles. The molecule has 0 aromatic carbocycles. The average Bonchev–Trinajstić information content (AvgIpc) is 2.35. The van der Waals surface area contributed by atoms with Gasteiger partial charge in [0.1, 0.15) is 4.83 Å². The Morgan fingerprint density at radius 2 is 2.30 bits per heavy atom. The number of hydrogen-bond donors (Lipinski definition) is 2. The van der Waals surface area contributed by atoms with Crippen molar-refractivity contribution in [3.63, 3.8) is 0 Å². The molecule has 10 heavy (non-hydrogen) atoms. The van der Waals surface area contributed by atoms with Gasteiger partial charge in [-0.25, -0.2) is 4.98 Å². The van der Waals surface area contributed by atoms with Crippen LogP contribution in [0, 0.1) is 0 Å². The lowest BCUT2D eigenvalue weighted by atomic mass is 11.0. The number of aromatic hydroxyl groups is 2. The Morgan fingerprint density at radius 3 is 3.00 bits per heavy atom. The maximum atomic E-state index is 8.91. The van der Waals surface area contributed by atoms with E-state index in [1.54, 1.807) is 0 Å². The summed E-state index contributed by atoms with van der Waals surface area (Å²) in [5.41, 5.74) is 0. The Morgan fingerprint density at radius 1 is 1.50 bits per heavy atom. The van der Waals surface area contributed by atoms with E-state index in [4.69, 9.17) is 10.2 Å². The molecule has 2 heterocycles. The van der Waals surface area contributed by atoms with Crippen LogP contribution in [0.5, 0.6) is 11.2 Å². The van der Waals surface area contributed by atoms with Gasteiger partial charge in [-0.1, -0.05) is 11.3 Å². The predicted molar refractivity (Wildman–Crippen MR) is 34.2 cm³/mol. The SMILES string of the molecule is Oc1nn2c(O)ncc2s1. The fourth-order valence-corrected chi connectivity index (χ4v) is 1.31. The van der Waals surface area contributed by atoms with E-state index in [0.717, 1.165) is 11.3 Å². The molecule has 0 unspecified atom stereocenters. The Hall–Kier alpha value is -1.30. The largest absolute Gasteiger partial charge is 0.485 e. The summed E-state index contributed by atoms with van der Waals surface area (Å²) in [5, 5.41) is 21.2. The summed E-state index contributed by atoms with van der Waals surface area (Å²) in [4.78, 5) is 4.17. The van der Waals surface area contributed by atoms with E-state index < -0.39 is 0 Å². The molecule has 0 saturated heterocycles. The van der Waals surface area contributed by atoms with E-state index in [9.17, 15) is 0 Å². The van der Waals surface area contributed by atoms with Crippen molar-refractivity contribution in [3.05, 3.63) is 6.20 Å². The van der Waals surface area contributed by atoms with Crippen LogP contribution >= 0.6 is 11.3 Å². The standard InChI is InChI=1S/C4H3N3O2S/c8-3-5-1-2-7(3)6-4(9)10-2/h1H,(H,5,8)(H,6,9). The molecule has 2 N–H and O–H groups in total. The molecular weight excluding hydrogens is 154 g/mol. The van der Waals surface area contributed by atoms with Gasteiger partial charge in [0.25, 0.3) is 5.19 Å². The minimum absolute atomic E-state index is 0.0762. The van der Waals surface area contributed by atoms with Crippen molar-refractivity contribution in [1.82, 2.24) is 14.6 Å². The molecule has 0 spiro atoms. The Labute approximate surface area is 59.2 Å². The zero-order valence-electron chi connectivity index (χ0n) is 4.72. The molecule has 2 rings (SSSR count). The summed E-state index contributed by atoms with van der Waals surface area (Å²) >= 11 is 1.06. The van der Waals surface area contributed by atoms with Gasteiger partial charge in [-0.15, -0.1) is 5.10 Å². The van der Waals surface area contributed by atoms with Gasteiger partial charge in [0, 0.05) is 0 Å². The van der Waals surface area contributed by atoms with Crippen LogP contribution < -0.4 is 0 Å². The summed E-state index contributed by atoms with van der Waals surface area (Å²) in [7, 11) is 0. The molecular formula is C4H3N3O2S. The zero-order chi connectivity index (χ0) is 7.14. The van der Waals surface area contributed by atoms with Crippen LogP contribution in [-0.2, 0) is 0 Å². The topological polar surface area (TPSA) is 70.7 Å². The number of hydrogen-bond acceptors (Lipinski definition) is 5. The second-order valence-corrected chi connectivity index (χ2v) is 2.68. The number of rotatable bonds is 0. The Bertz CT molecular complexity index is 365. The lowest BCUT2D eigenvalue weighted by Gasteiger charge is -1.79. The summed E-state index contributed by atoms with van der Waals surface area (Å²) in [6.45, 7) is 0. The highest BCUT2D eigenvalue weighted by atomic mass is 32.1. The van der Waals surface area contributed by atoms with Crippen LogP contribution in [0.25, 0.3) is 4.83 Å². The highest BCUT2D eigenvalue weighted by Gasteiger charge is 2.05. The molecule has 2 aromatic rings. The van der Waals surface area contributed by atoms with Crippen molar-refractivity contribution >= 4 is 16.2 Å². The second-order valence-electron chi connectivity index (χ2n) is 1.69. The number of nitrogens with zero attached hydrogens (tertiary/aromatic N) is 3. The van der Waals surface area contributed by atoms with Crippen LogP contribution in [0.4, 0.5) is 0 Å². The highest BCUT2D eigenvalue weighted by molar-refractivity contribution is 7.18. The maximum absolute atomic E-state index is 8.91. The first-order chi connectivity index (χ1) is 4.77. The fraction of sp³-hybridized carbons (Fsp3) is 0. The van der Waals surface area contributed by atoms with Crippen molar-refractivity contribution in [2.75, 3.05) is 0 Å². The molecule has 52 valence electrons. The summed E-state index contributed by atoms with van der Waals surface area (Å²) < 4.78 is 1.17. The van der Waals surface area contributed by atoms with E-state index >= 15 is 0 Å². The molecule has 0 fully saturated rings. The van der Waals surface area contributed by atoms with Crippen molar-refractivity contribution in [3.8, 4) is 11.2 Å².